The molecule has 5 nitrogen and oxygen atoms in total. The van der Waals surface area contributed by atoms with Crippen LogP contribution in [0.15, 0.2) is 29.2 Å². The summed E-state index contributed by atoms with van der Waals surface area (Å²) in [5.41, 5.74) is 9.19. The monoisotopic (exact) mass is 276 g/mol. The summed E-state index contributed by atoms with van der Waals surface area (Å²) in [4.78, 5) is 15.0. The van der Waals surface area contributed by atoms with Crippen molar-refractivity contribution in [2.24, 2.45) is 0 Å². The Kier molecular flexibility index (Phi) is 3.22. The van der Waals surface area contributed by atoms with Gasteiger partial charge in [-0.25, -0.2) is 8.42 Å². The minimum absolute atomic E-state index is 0.105. The lowest BCUT2D eigenvalue weighted by atomic mass is 9.95. The van der Waals surface area contributed by atoms with Gasteiger partial charge in [0.2, 0.25) is 0 Å². The van der Waals surface area contributed by atoms with Gasteiger partial charge in [-0.1, -0.05) is 12.1 Å². The van der Waals surface area contributed by atoms with Gasteiger partial charge in [0.15, 0.2) is 9.84 Å². The van der Waals surface area contributed by atoms with Crippen LogP contribution in [0.1, 0.15) is 29.8 Å². The van der Waals surface area contributed by atoms with Gasteiger partial charge < -0.3 is 5.53 Å². The summed E-state index contributed by atoms with van der Waals surface area (Å²) in [6, 6.07) is 4.51. The maximum absolute atomic E-state index is 12.2. The minimum Gasteiger partial charge on any atom is -0.361 e. The van der Waals surface area contributed by atoms with Crippen molar-refractivity contribution in [2.75, 3.05) is 0 Å². The minimum atomic E-state index is -3.47. The number of nitrogens with zero attached hydrogens (tertiary/aromatic N) is 2. The van der Waals surface area contributed by atoms with Crippen molar-refractivity contribution in [3.8, 4) is 0 Å². The number of hydrogen-bond acceptors (Lipinski definition) is 3. The molecule has 19 heavy (non-hydrogen) atoms. The number of ketones is 1. The van der Waals surface area contributed by atoms with Gasteiger partial charge in [-0.3, -0.25) is 4.79 Å². The second-order valence-electron chi connectivity index (χ2n) is 4.46. The molecular weight excluding hydrogens is 264 g/mol. The van der Waals surface area contributed by atoms with Crippen molar-refractivity contribution in [1.82, 2.24) is 0 Å². The van der Waals surface area contributed by atoms with Crippen LogP contribution in [-0.2, 0) is 9.84 Å². The third kappa shape index (κ3) is 2.05. The Morgan fingerprint density at radius 3 is 2.47 bits per heavy atom. The molecule has 0 heterocycles. The zero-order chi connectivity index (χ0) is 14.2. The van der Waals surface area contributed by atoms with Crippen molar-refractivity contribution in [2.45, 2.75) is 24.0 Å². The molecule has 6 heteroatoms. The molecule has 1 aromatic rings. The number of carbonyl (C=O) groups is 1. The van der Waals surface area contributed by atoms with Gasteiger partial charge in [0.1, 0.15) is 0 Å². The molecule has 1 aliphatic carbocycles. The Labute approximate surface area is 111 Å². The van der Waals surface area contributed by atoms with E-state index in [4.69, 9.17) is 5.53 Å². The lowest BCUT2D eigenvalue weighted by molar-refractivity contribution is -0.00436. The fourth-order valence-electron chi connectivity index (χ4n) is 1.87. The summed E-state index contributed by atoms with van der Waals surface area (Å²) in [6.45, 7) is 3.17. The van der Waals surface area contributed by atoms with Gasteiger partial charge in [-0.05, 0) is 26.0 Å². The highest BCUT2D eigenvalue weighted by Crippen LogP contribution is 2.27. The largest absolute Gasteiger partial charge is 0.362 e. The van der Waals surface area contributed by atoms with E-state index in [0.29, 0.717) is 5.56 Å². The molecule has 1 aliphatic rings. The molecule has 0 aromatic heterocycles. The summed E-state index contributed by atoms with van der Waals surface area (Å²) >= 11 is 0. The number of sulfone groups is 1. The van der Waals surface area contributed by atoms with Crippen LogP contribution in [-0.4, -0.2) is 30.0 Å². The van der Waals surface area contributed by atoms with E-state index in [-0.39, 0.29) is 16.2 Å². The smallest absolute Gasteiger partial charge is 0.361 e. The van der Waals surface area contributed by atoms with E-state index in [1.807, 2.05) is 0 Å². The molecule has 1 aromatic carbocycles. The Bertz CT molecular complexity index is 739. The molecule has 0 atom stereocenters. The van der Waals surface area contributed by atoms with Crippen LogP contribution in [0, 0.1) is 0 Å². The van der Waals surface area contributed by atoms with E-state index in [0.717, 1.165) is 0 Å². The lowest BCUT2D eigenvalue weighted by Crippen LogP contribution is -2.21. The van der Waals surface area contributed by atoms with Crippen LogP contribution in [0.5, 0.6) is 0 Å². The molecule has 0 spiro atoms. The highest BCUT2D eigenvalue weighted by atomic mass is 32.2. The molecule has 2 rings (SSSR count). The van der Waals surface area contributed by atoms with Gasteiger partial charge in [0.25, 0.3) is 5.78 Å². The Balaban J connectivity index is 2.76. The number of benzene rings is 1. The summed E-state index contributed by atoms with van der Waals surface area (Å²) in [5.74, 6) is -0.485. The zero-order valence-electron chi connectivity index (χ0n) is 10.5. The lowest BCUT2D eigenvalue weighted by Gasteiger charge is -2.14. The molecule has 0 unspecified atom stereocenters. The molecule has 0 aliphatic heterocycles. The number of rotatable bonds is 2. The fraction of sp³-hybridized carbons (Fsp3) is 0.231. The van der Waals surface area contributed by atoms with Gasteiger partial charge >= 0.3 is 5.71 Å². The van der Waals surface area contributed by atoms with Gasteiger partial charge in [0, 0.05) is 17.2 Å². The van der Waals surface area contributed by atoms with Crippen LogP contribution in [0.4, 0.5) is 0 Å². The first kappa shape index (κ1) is 13.4. The van der Waals surface area contributed by atoms with Crippen molar-refractivity contribution in [3.63, 3.8) is 0 Å². The van der Waals surface area contributed by atoms with E-state index >= 15 is 0 Å². The predicted octanol–water partition coefficient (Wildman–Crippen LogP) is 1.75. The van der Waals surface area contributed by atoms with Crippen LogP contribution in [0.2, 0.25) is 0 Å². The molecule has 0 fully saturated rings. The highest BCUT2D eigenvalue weighted by Gasteiger charge is 2.31. The molecule has 0 saturated heterocycles. The summed E-state index contributed by atoms with van der Waals surface area (Å²) < 4.78 is 24.5. The molecular formula is C13H12N2O3S. The SMILES string of the molecule is CC(C)S(=O)(=O)c1cccc2c1C=CC(=[N+]=[N-])C2=O. The van der Waals surface area contributed by atoms with E-state index in [1.165, 1.54) is 30.4 Å². The maximum atomic E-state index is 12.2. The normalized spacial score (nSPS) is 14.5. The fourth-order valence-corrected chi connectivity index (χ4v) is 3.13. The van der Waals surface area contributed by atoms with Crippen molar-refractivity contribution in [1.29, 1.82) is 0 Å². The van der Waals surface area contributed by atoms with Gasteiger partial charge in [0.05, 0.1) is 10.1 Å². The number of Topliss-reactive ketones (excluding diaryl/α,β-unsaturated/α-hetero) is 1. The number of fused-ring (bicyclic) bond motifs is 1. The average molecular weight is 276 g/mol. The molecule has 0 radical (unpaired) electrons. The van der Waals surface area contributed by atoms with Crippen LogP contribution < -0.4 is 0 Å². The average Bonchev–Trinajstić information content (AvgIpc) is 2.38. The molecule has 0 saturated carbocycles. The first-order chi connectivity index (χ1) is 8.89. The Morgan fingerprint density at radius 1 is 1.21 bits per heavy atom. The summed E-state index contributed by atoms with van der Waals surface area (Å²) in [5, 5.41) is -0.574. The van der Waals surface area contributed by atoms with E-state index in [2.05, 4.69) is 4.79 Å². The topological polar surface area (TPSA) is 87.6 Å². The van der Waals surface area contributed by atoms with Crippen LogP contribution >= 0.6 is 0 Å². The van der Waals surface area contributed by atoms with Gasteiger partial charge in [-0.15, -0.1) is 0 Å². The second-order valence-corrected chi connectivity index (χ2v) is 6.93. The molecule has 0 amide bonds. The Hall–Kier alpha value is -2.04. The maximum Gasteiger partial charge on any atom is 0.362 e. The van der Waals surface area contributed by atoms with Gasteiger partial charge in [-0.2, -0.15) is 4.79 Å². The Morgan fingerprint density at radius 2 is 1.89 bits per heavy atom. The van der Waals surface area contributed by atoms with Crippen LogP contribution in [0.25, 0.3) is 11.6 Å². The number of allylic oxidation sites excluding steroid dienone is 1. The number of hydrogen-bond donors (Lipinski definition) is 0. The van der Waals surface area contributed by atoms with Crippen molar-refractivity contribution >= 4 is 27.4 Å². The second kappa shape index (κ2) is 4.57. The van der Waals surface area contributed by atoms with E-state index < -0.39 is 20.9 Å². The zero-order valence-corrected chi connectivity index (χ0v) is 11.3. The van der Waals surface area contributed by atoms with E-state index in [9.17, 15) is 13.2 Å². The highest BCUT2D eigenvalue weighted by molar-refractivity contribution is 7.92. The third-order valence-corrected chi connectivity index (χ3v) is 5.20. The molecule has 0 bridgehead atoms. The van der Waals surface area contributed by atoms with E-state index in [1.54, 1.807) is 13.8 Å². The third-order valence-electron chi connectivity index (χ3n) is 2.99. The quantitative estimate of drug-likeness (QED) is 0.609. The summed E-state index contributed by atoms with van der Waals surface area (Å²) in [6.07, 6.45) is 2.80. The predicted molar refractivity (Wildman–Crippen MR) is 70.8 cm³/mol. The standard InChI is InChI=1S/C13H12N2O3S/c1-8(2)19(17,18)12-5-3-4-10-9(12)6-7-11(15-14)13(10)16/h3-8H,1-2H3. The first-order valence-corrected chi connectivity index (χ1v) is 7.26. The van der Waals surface area contributed by atoms with Crippen LogP contribution in [0.3, 0.4) is 0 Å². The molecule has 0 N–H and O–H groups in total. The van der Waals surface area contributed by atoms with Crippen molar-refractivity contribution in [3.05, 3.63) is 40.9 Å². The first-order valence-electron chi connectivity index (χ1n) is 5.71. The summed E-state index contributed by atoms with van der Waals surface area (Å²) in [7, 11) is -3.47. The van der Waals surface area contributed by atoms with Crippen molar-refractivity contribution < 1.29 is 18.0 Å². The molecule has 98 valence electrons. The number of carbonyl (C=O) groups excluding carboxylic acids is 1.